The number of benzene rings is 1. The molecule has 0 aliphatic heterocycles. The molecule has 7 heteroatoms. The third kappa shape index (κ3) is 4.92. The lowest BCUT2D eigenvalue weighted by Crippen LogP contribution is -2.42. The summed E-state index contributed by atoms with van der Waals surface area (Å²) in [6.45, 7) is 3.51. The summed E-state index contributed by atoms with van der Waals surface area (Å²) in [6, 6.07) is 7.07. The van der Waals surface area contributed by atoms with Crippen LogP contribution in [0.1, 0.15) is 25.0 Å². The van der Waals surface area contributed by atoms with E-state index < -0.39 is 21.3 Å². The average Bonchev–Trinajstić information content (AvgIpc) is 2.36. The van der Waals surface area contributed by atoms with Gasteiger partial charge in [-0.25, -0.2) is 13.1 Å². The van der Waals surface area contributed by atoms with E-state index in [1.54, 1.807) is 32.0 Å². The first-order valence-electron chi connectivity index (χ1n) is 6.21. The van der Waals surface area contributed by atoms with Gasteiger partial charge in [0.15, 0.2) is 0 Å². The maximum Gasteiger partial charge on any atom is 0.224 e. The van der Waals surface area contributed by atoms with Crippen molar-refractivity contribution in [1.82, 2.24) is 4.72 Å². The van der Waals surface area contributed by atoms with Gasteiger partial charge < -0.3 is 11.5 Å². The summed E-state index contributed by atoms with van der Waals surface area (Å²) in [4.78, 5) is 11.2. The van der Waals surface area contributed by atoms with Gasteiger partial charge in [0.25, 0.3) is 0 Å². The van der Waals surface area contributed by atoms with E-state index >= 15 is 0 Å². The van der Waals surface area contributed by atoms with Crippen molar-refractivity contribution < 1.29 is 13.2 Å². The van der Waals surface area contributed by atoms with Gasteiger partial charge in [0.05, 0.1) is 11.2 Å². The first-order valence-corrected chi connectivity index (χ1v) is 7.87. The number of carbonyl (C=O) groups is 1. The Balaban J connectivity index is 2.73. The molecule has 112 valence electrons. The molecule has 0 radical (unpaired) electrons. The van der Waals surface area contributed by atoms with E-state index in [0.717, 1.165) is 5.56 Å². The van der Waals surface area contributed by atoms with Crippen LogP contribution >= 0.6 is 0 Å². The van der Waals surface area contributed by atoms with Gasteiger partial charge in [0.1, 0.15) is 0 Å². The van der Waals surface area contributed by atoms with Crippen LogP contribution in [0.2, 0.25) is 0 Å². The zero-order valence-electron chi connectivity index (χ0n) is 11.7. The average molecular weight is 299 g/mol. The molecule has 1 aromatic carbocycles. The Labute approximate surface area is 119 Å². The highest BCUT2D eigenvalue weighted by Crippen LogP contribution is 2.14. The Bertz CT molecular complexity index is 582. The van der Waals surface area contributed by atoms with Crippen LogP contribution in [0.15, 0.2) is 24.3 Å². The summed E-state index contributed by atoms with van der Waals surface area (Å²) in [7, 11) is -3.52. The van der Waals surface area contributed by atoms with Crippen LogP contribution in [0.3, 0.4) is 0 Å². The topological polar surface area (TPSA) is 115 Å². The molecule has 0 aromatic heterocycles. The van der Waals surface area contributed by atoms with E-state index in [9.17, 15) is 13.2 Å². The number of primary amides is 1. The van der Waals surface area contributed by atoms with E-state index in [4.69, 9.17) is 11.5 Å². The van der Waals surface area contributed by atoms with Crippen LogP contribution in [0, 0.1) is 5.41 Å². The second kappa shape index (κ2) is 6.34. The molecule has 0 unspecified atom stereocenters. The molecular formula is C13H21N3O3S. The molecule has 0 heterocycles. The predicted octanol–water partition coefficient (Wildman–Crippen LogP) is 0.0762. The molecule has 0 aliphatic rings. The SMILES string of the molecule is CC(C)(CNS(=O)(=O)Cc1cccc(CN)c1)C(N)=O. The first kappa shape index (κ1) is 16.6. The van der Waals surface area contributed by atoms with Crippen molar-refractivity contribution in [3.05, 3.63) is 35.4 Å². The highest BCUT2D eigenvalue weighted by Gasteiger charge is 2.27. The lowest BCUT2D eigenvalue weighted by atomic mass is 9.93. The molecule has 0 aliphatic carbocycles. The number of hydrogen-bond donors (Lipinski definition) is 3. The van der Waals surface area contributed by atoms with Gasteiger partial charge in [-0.05, 0) is 25.0 Å². The number of nitrogens with one attached hydrogen (secondary N) is 1. The fourth-order valence-corrected chi connectivity index (χ4v) is 2.80. The normalized spacial score (nSPS) is 12.3. The second-order valence-corrected chi connectivity index (χ2v) is 7.16. The van der Waals surface area contributed by atoms with Gasteiger partial charge in [-0.15, -0.1) is 0 Å². The third-order valence-corrected chi connectivity index (χ3v) is 4.28. The van der Waals surface area contributed by atoms with Crippen molar-refractivity contribution >= 4 is 15.9 Å². The van der Waals surface area contributed by atoms with Gasteiger partial charge >= 0.3 is 0 Å². The van der Waals surface area contributed by atoms with Crippen LogP contribution < -0.4 is 16.2 Å². The molecule has 5 N–H and O–H groups in total. The lowest BCUT2D eigenvalue weighted by Gasteiger charge is -2.20. The molecule has 0 saturated heterocycles. The number of rotatable bonds is 7. The van der Waals surface area contributed by atoms with Gasteiger partial charge in [-0.3, -0.25) is 4.79 Å². The minimum Gasteiger partial charge on any atom is -0.369 e. The molecule has 1 amide bonds. The molecule has 6 nitrogen and oxygen atoms in total. The number of sulfonamides is 1. The molecule has 1 aromatic rings. The molecular weight excluding hydrogens is 278 g/mol. The van der Waals surface area contributed by atoms with Gasteiger partial charge in [0, 0.05) is 13.1 Å². The Hall–Kier alpha value is -1.44. The van der Waals surface area contributed by atoms with Crippen molar-refractivity contribution in [3.8, 4) is 0 Å². The van der Waals surface area contributed by atoms with Gasteiger partial charge in [0.2, 0.25) is 15.9 Å². The summed E-state index contributed by atoms with van der Waals surface area (Å²) < 4.78 is 26.4. The summed E-state index contributed by atoms with van der Waals surface area (Å²) in [5, 5.41) is 0. The number of amides is 1. The standard InChI is InChI=1S/C13H21N3O3S/c1-13(2,12(15)17)9-16-20(18,19)8-11-5-3-4-10(6-11)7-14/h3-6,16H,7-9,14H2,1-2H3,(H2,15,17). The van der Waals surface area contributed by atoms with Crippen molar-refractivity contribution in [2.75, 3.05) is 6.54 Å². The number of nitrogens with two attached hydrogens (primary N) is 2. The maximum absolute atomic E-state index is 12.0. The highest BCUT2D eigenvalue weighted by molar-refractivity contribution is 7.88. The fourth-order valence-electron chi connectivity index (χ4n) is 1.49. The molecule has 0 saturated carbocycles. The number of hydrogen-bond acceptors (Lipinski definition) is 4. The third-order valence-electron chi connectivity index (χ3n) is 2.98. The Kier molecular flexibility index (Phi) is 5.27. The first-order chi connectivity index (χ1) is 9.16. The van der Waals surface area contributed by atoms with Crippen molar-refractivity contribution in [1.29, 1.82) is 0 Å². The molecule has 20 heavy (non-hydrogen) atoms. The molecule has 0 fully saturated rings. The minimum absolute atomic E-state index is 0.0265. The Morgan fingerprint density at radius 3 is 2.45 bits per heavy atom. The summed E-state index contributed by atoms with van der Waals surface area (Å²) in [6.07, 6.45) is 0. The van der Waals surface area contributed by atoms with Crippen molar-refractivity contribution in [2.45, 2.75) is 26.1 Å². The van der Waals surface area contributed by atoms with E-state index in [-0.39, 0.29) is 12.3 Å². The van der Waals surface area contributed by atoms with E-state index in [0.29, 0.717) is 12.1 Å². The lowest BCUT2D eigenvalue weighted by molar-refractivity contribution is -0.125. The van der Waals surface area contributed by atoms with Crippen LogP contribution in [-0.2, 0) is 27.1 Å². The van der Waals surface area contributed by atoms with Crippen molar-refractivity contribution in [2.24, 2.45) is 16.9 Å². The maximum atomic E-state index is 12.0. The number of carbonyl (C=O) groups excluding carboxylic acids is 1. The van der Waals surface area contributed by atoms with Crippen LogP contribution in [0.4, 0.5) is 0 Å². The fraction of sp³-hybridized carbons (Fsp3) is 0.462. The largest absolute Gasteiger partial charge is 0.369 e. The molecule has 0 atom stereocenters. The van der Waals surface area contributed by atoms with Crippen LogP contribution in [0.5, 0.6) is 0 Å². The highest BCUT2D eigenvalue weighted by atomic mass is 32.2. The molecule has 1 rings (SSSR count). The smallest absolute Gasteiger partial charge is 0.224 e. The summed E-state index contributed by atoms with van der Waals surface area (Å²) >= 11 is 0. The Morgan fingerprint density at radius 1 is 1.30 bits per heavy atom. The van der Waals surface area contributed by atoms with Gasteiger partial charge in [-0.1, -0.05) is 24.3 Å². The second-order valence-electron chi connectivity index (χ2n) is 5.35. The molecule has 0 spiro atoms. The zero-order valence-corrected chi connectivity index (χ0v) is 12.5. The van der Waals surface area contributed by atoms with Crippen LogP contribution in [-0.4, -0.2) is 20.9 Å². The van der Waals surface area contributed by atoms with E-state index in [1.165, 1.54) is 0 Å². The quantitative estimate of drug-likeness (QED) is 0.661. The predicted molar refractivity (Wildman–Crippen MR) is 77.9 cm³/mol. The minimum atomic E-state index is -3.52. The molecule has 0 bridgehead atoms. The van der Waals surface area contributed by atoms with Crippen LogP contribution in [0.25, 0.3) is 0 Å². The van der Waals surface area contributed by atoms with E-state index in [2.05, 4.69) is 4.72 Å². The Morgan fingerprint density at radius 2 is 1.90 bits per heavy atom. The van der Waals surface area contributed by atoms with Gasteiger partial charge in [-0.2, -0.15) is 0 Å². The van der Waals surface area contributed by atoms with E-state index in [1.807, 2.05) is 6.07 Å². The summed E-state index contributed by atoms with van der Waals surface area (Å²) in [5.41, 5.74) is 11.3. The summed E-state index contributed by atoms with van der Waals surface area (Å²) in [5.74, 6) is -0.708. The monoisotopic (exact) mass is 299 g/mol. The zero-order chi connectivity index (χ0) is 15.4. The van der Waals surface area contributed by atoms with Crippen molar-refractivity contribution in [3.63, 3.8) is 0 Å².